The molecule has 1 unspecified atom stereocenters. The van der Waals surface area contributed by atoms with Gasteiger partial charge in [0.1, 0.15) is 6.61 Å². The minimum absolute atomic E-state index is 0.214. The third-order valence-electron chi connectivity index (χ3n) is 2.11. The van der Waals surface area contributed by atoms with Crippen LogP contribution in [-0.2, 0) is 4.74 Å². The Balaban J connectivity index is 2.63. The zero-order chi connectivity index (χ0) is 9.14. The van der Waals surface area contributed by atoms with Gasteiger partial charge in [0.25, 0.3) is 0 Å². The molecule has 1 fully saturated rings. The predicted octanol–water partition coefficient (Wildman–Crippen LogP) is 1.65. The van der Waals surface area contributed by atoms with Gasteiger partial charge in [0.2, 0.25) is 0 Å². The summed E-state index contributed by atoms with van der Waals surface area (Å²) in [6.07, 6.45) is 1.51. The van der Waals surface area contributed by atoms with Crippen LogP contribution in [0.5, 0.6) is 0 Å². The number of nitrogens with zero attached hydrogens (tertiary/aromatic N) is 1. The van der Waals surface area contributed by atoms with E-state index in [2.05, 4.69) is 20.4 Å². The fourth-order valence-corrected chi connectivity index (χ4v) is 1.37. The van der Waals surface area contributed by atoms with Crippen LogP contribution < -0.4 is 0 Å². The smallest absolute Gasteiger partial charge is 0.410 e. The molecule has 1 aliphatic rings. The van der Waals surface area contributed by atoms with Crippen LogP contribution in [-0.4, -0.2) is 30.2 Å². The molecule has 0 radical (unpaired) electrons. The molecule has 1 rings (SSSR count). The molecule has 0 aromatic carbocycles. The summed E-state index contributed by atoms with van der Waals surface area (Å²) in [6, 6.07) is 0.218. The van der Waals surface area contributed by atoms with Crippen molar-refractivity contribution in [3.05, 3.63) is 12.7 Å². The Labute approximate surface area is 73.0 Å². The molecule has 1 atom stereocenters. The van der Waals surface area contributed by atoms with Crippen molar-refractivity contribution in [2.45, 2.75) is 19.9 Å². The summed E-state index contributed by atoms with van der Waals surface area (Å²) < 4.78 is 4.93. The summed E-state index contributed by atoms with van der Waals surface area (Å²) >= 11 is 0. The molecule has 12 heavy (non-hydrogen) atoms. The van der Waals surface area contributed by atoms with Crippen LogP contribution in [0, 0.1) is 5.92 Å². The van der Waals surface area contributed by atoms with Crippen molar-refractivity contribution in [2.24, 2.45) is 5.92 Å². The number of hydrogen-bond donors (Lipinski definition) is 0. The van der Waals surface area contributed by atoms with Crippen molar-refractivity contribution in [3.8, 4) is 0 Å². The second-order valence-electron chi connectivity index (χ2n) is 3.33. The number of rotatable bonds is 3. The van der Waals surface area contributed by atoms with Gasteiger partial charge in [-0.05, 0) is 5.92 Å². The van der Waals surface area contributed by atoms with E-state index in [1.807, 2.05) is 0 Å². The van der Waals surface area contributed by atoms with Crippen molar-refractivity contribution >= 4 is 6.09 Å². The summed E-state index contributed by atoms with van der Waals surface area (Å²) in [7, 11) is 0. The maximum atomic E-state index is 11.1. The highest BCUT2D eigenvalue weighted by molar-refractivity contribution is 5.70. The Morgan fingerprint density at radius 2 is 2.50 bits per heavy atom. The topological polar surface area (TPSA) is 29.5 Å². The van der Waals surface area contributed by atoms with Gasteiger partial charge in [-0.3, -0.25) is 4.90 Å². The van der Waals surface area contributed by atoms with Crippen LogP contribution in [0.25, 0.3) is 0 Å². The number of ether oxygens (including phenoxy) is 1. The van der Waals surface area contributed by atoms with Crippen LogP contribution in [0.15, 0.2) is 12.7 Å². The lowest BCUT2D eigenvalue weighted by Gasteiger charge is -2.22. The first-order valence-corrected chi connectivity index (χ1v) is 4.21. The fraction of sp³-hybridized carbons (Fsp3) is 0.667. The van der Waals surface area contributed by atoms with E-state index in [1.54, 1.807) is 11.0 Å². The Bertz CT molecular complexity index is 189. The van der Waals surface area contributed by atoms with Gasteiger partial charge in [0.15, 0.2) is 0 Å². The Kier molecular flexibility index (Phi) is 2.74. The Morgan fingerprint density at radius 1 is 1.83 bits per heavy atom. The van der Waals surface area contributed by atoms with Crippen molar-refractivity contribution in [1.82, 2.24) is 4.90 Å². The van der Waals surface area contributed by atoms with Gasteiger partial charge in [-0.2, -0.15) is 0 Å². The molecular formula is C9H15NO2. The van der Waals surface area contributed by atoms with Gasteiger partial charge in [0.05, 0.1) is 6.04 Å². The first-order chi connectivity index (χ1) is 5.66. The van der Waals surface area contributed by atoms with Crippen LogP contribution in [0.3, 0.4) is 0 Å². The lowest BCUT2D eigenvalue weighted by atomic mass is 10.1. The molecule has 3 heteroatoms. The van der Waals surface area contributed by atoms with Gasteiger partial charge in [-0.1, -0.05) is 19.9 Å². The summed E-state index contributed by atoms with van der Waals surface area (Å²) in [6.45, 7) is 8.88. The number of cyclic esters (lactones) is 1. The molecule has 1 heterocycles. The zero-order valence-electron chi connectivity index (χ0n) is 7.62. The van der Waals surface area contributed by atoms with Gasteiger partial charge in [-0.15, -0.1) is 6.58 Å². The molecule has 1 saturated heterocycles. The quantitative estimate of drug-likeness (QED) is 0.601. The van der Waals surface area contributed by atoms with E-state index in [0.717, 1.165) is 0 Å². The highest BCUT2D eigenvalue weighted by atomic mass is 16.6. The summed E-state index contributed by atoms with van der Waals surface area (Å²) in [5, 5.41) is 0. The standard InChI is InChI=1S/C9H15NO2/c1-4-5-10-8(7(2)3)6-12-9(10)11/h4,7-8H,1,5-6H2,2-3H3. The number of hydrogen-bond acceptors (Lipinski definition) is 2. The monoisotopic (exact) mass is 169 g/mol. The van der Waals surface area contributed by atoms with Gasteiger partial charge >= 0.3 is 6.09 Å². The minimum atomic E-state index is -0.214. The summed E-state index contributed by atoms with van der Waals surface area (Å²) in [5.74, 6) is 0.441. The highest BCUT2D eigenvalue weighted by Crippen LogP contribution is 2.18. The van der Waals surface area contributed by atoms with Crippen molar-refractivity contribution in [2.75, 3.05) is 13.2 Å². The largest absolute Gasteiger partial charge is 0.447 e. The lowest BCUT2D eigenvalue weighted by Crippen LogP contribution is -2.37. The molecule has 0 aromatic heterocycles. The molecule has 1 aliphatic heterocycles. The highest BCUT2D eigenvalue weighted by Gasteiger charge is 2.33. The van der Waals surface area contributed by atoms with Gasteiger partial charge in [0, 0.05) is 6.54 Å². The lowest BCUT2D eigenvalue weighted by molar-refractivity contribution is 0.160. The van der Waals surface area contributed by atoms with Gasteiger partial charge in [-0.25, -0.2) is 4.79 Å². The molecule has 3 nitrogen and oxygen atoms in total. The first kappa shape index (κ1) is 9.10. The Morgan fingerprint density at radius 3 is 3.00 bits per heavy atom. The molecule has 0 N–H and O–H groups in total. The number of carbonyl (C=O) groups is 1. The SMILES string of the molecule is C=CCN1C(=O)OCC1C(C)C. The Hall–Kier alpha value is -0.990. The second-order valence-corrected chi connectivity index (χ2v) is 3.33. The molecule has 0 bridgehead atoms. The van der Waals surface area contributed by atoms with E-state index in [9.17, 15) is 4.79 Å². The van der Waals surface area contributed by atoms with Crippen molar-refractivity contribution in [3.63, 3.8) is 0 Å². The molecular weight excluding hydrogens is 154 g/mol. The van der Waals surface area contributed by atoms with E-state index in [-0.39, 0.29) is 12.1 Å². The summed E-state index contributed by atoms with van der Waals surface area (Å²) in [5.41, 5.74) is 0. The zero-order valence-corrected chi connectivity index (χ0v) is 7.62. The predicted molar refractivity (Wildman–Crippen MR) is 46.9 cm³/mol. The maximum absolute atomic E-state index is 11.1. The van der Waals surface area contributed by atoms with Crippen LogP contribution in [0.4, 0.5) is 4.79 Å². The van der Waals surface area contributed by atoms with E-state index in [4.69, 9.17) is 4.74 Å². The molecule has 68 valence electrons. The van der Waals surface area contributed by atoms with E-state index in [0.29, 0.717) is 19.1 Å². The van der Waals surface area contributed by atoms with Crippen LogP contribution in [0.2, 0.25) is 0 Å². The average molecular weight is 169 g/mol. The van der Waals surface area contributed by atoms with E-state index >= 15 is 0 Å². The van der Waals surface area contributed by atoms with Crippen molar-refractivity contribution in [1.29, 1.82) is 0 Å². The van der Waals surface area contributed by atoms with E-state index < -0.39 is 0 Å². The normalized spacial score (nSPS) is 23.1. The first-order valence-electron chi connectivity index (χ1n) is 4.21. The summed E-state index contributed by atoms with van der Waals surface area (Å²) in [4.78, 5) is 12.9. The third-order valence-corrected chi connectivity index (χ3v) is 2.11. The van der Waals surface area contributed by atoms with Crippen LogP contribution in [0.1, 0.15) is 13.8 Å². The van der Waals surface area contributed by atoms with E-state index in [1.165, 1.54) is 0 Å². The van der Waals surface area contributed by atoms with Gasteiger partial charge < -0.3 is 4.74 Å². The molecule has 0 aliphatic carbocycles. The maximum Gasteiger partial charge on any atom is 0.410 e. The van der Waals surface area contributed by atoms with Crippen LogP contribution >= 0.6 is 0 Å². The molecule has 0 spiro atoms. The third kappa shape index (κ3) is 1.60. The molecule has 1 amide bonds. The molecule has 0 aromatic rings. The average Bonchev–Trinajstić information content (AvgIpc) is 2.34. The number of carbonyl (C=O) groups excluding carboxylic acids is 1. The minimum Gasteiger partial charge on any atom is -0.447 e. The number of amides is 1. The van der Waals surface area contributed by atoms with Crippen molar-refractivity contribution < 1.29 is 9.53 Å². The molecule has 0 saturated carbocycles. The fourth-order valence-electron chi connectivity index (χ4n) is 1.37. The second kappa shape index (κ2) is 3.61.